The van der Waals surface area contributed by atoms with Crippen LogP contribution in [0.4, 0.5) is 0 Å². The van der Waals surface area contributed by atoms with Gasteiger partial charge in [0, 0.05) is 6.04 Å². The third kappa shape index (κ3) is 4.39. The van der Waals surface area contributed by atoms with E-state index in [9.17, 15) is 5.11 Å². The Balaban J connectivity index is 1.90. The molecule has 1 unspecified atom stereocenters. The fourth-order valence-corrected chi connectivity index (χ4v) is 2.54. The van der Waals surface area contributed by atoms with Crippen molar-refractivity contribution >= 4 is 0 Å². The molecule has 0 spiro atoms. The highest BCUT2D eigenvalue weighted by atomic mass is 16.3. The Morgan fingerprint density at radius 3 is 2.55 bits per heavy atom. The van der Waals surface area contributed by atoms with Crippen molar-refractivity contribution in [2.75, 3.05) is 6.54 Å². The number of aromatic hydroxyl groups is 1. The maximum Gasteiger partial charge on any atom is 0.115 e. The van der Waals surface area contributed by atoms with E-state index < -0.39 is 0 Å². The number of phenolic OH excluding ortho intramolecular Hbond substituents is 1. The molecule has 0 amide bonds. The van der Waals surface area contributed by atoms with Gasteiger partial charge < -0.3 is 10.4 Å². The van der Waals surface area contributed by atoms with E-state index in [0.29, 0.717) is 11.8 Å². The molecule has 20 heavy (non-hydrogen) atoms. The molecule has 0 saturated carbocycles. The van der Waals surface area contributed by atoms with E-state index in [4.69, 9.17) is 0 Å². The summed E-state index contributed by atoms with van der Waals surface area (Å²) in [6, 6.07) is 18.6. The van der Waals surface area contributed by atoms with Gasteiger partial charge in [-0.15, -0.1) is 0 Å². The van der Waals surface area contributed by atoms with Gasteiger partial charge in [0.1, 0.15) is 5.75 Å². The lowest BCUT2D eigenvalue weighted by Gasteiger charge is -2.18. The number of rotatable bonds is 7. The zero-order valence-corrected chi connectivity index (χ0v) is 12.0. The van der Waals surface area contributed by atoms with Crippen molar-refractivity contribution in [3.8, 4) is 5.75 Å². The van der Waals surface area contributed by atoms with Crippen LogP contribution in [0.3, 0.4) is 0 Å². The van der Waals surface area contributed by atoms with E-state index in [1.54, 1.807) is 6.07 Å². The molecule has 0 bridgehead atoms. The minimum absolute atomic E-state index is 0.355. The van der Waals surface area contributed by atoms with Crippen LogP contribution < -0.4 is 5.32 Å². The minimum atomic E-state index is 0.355. The van der Waals surface area contributed by atoms with Crippen LogP contribution in [0.15, 0.2) is 54.6 Å². The number of benzene rings is 2. The Morgan fingerprint density at radius 1 is 1.05 bits per heavy atom. The lowest BCUT2D eigenvalue weighted by molar-refractivity contribution is 0.473. The summed E-state index contributed by atoms with van der Waals surface area (Å²) in [7, 11) is 0. The maximum atomic E-state index is 9.47. The van der Waals surface area contributed by atoms with Crippen molar-refractivity contribution in [3.05, 3.63) is 65.7 Å². The molecule has 0 aliphatic rings. The SMILES string of the molecule is CCNC(CCCc1cccc(O)c1)c1ccccc1. The van der Waals surface area contributed by atoms with Gasteiger partial charge in [-0.3, -0.25) is 0 Å². The van der Waals surface area contributed by atoms with Gasteiger partial charge in [0.15, 0.2) is 0 Å². The normalized spacial score (nSPS) is 12.2. The molecule has 0 aliphatic carbocycles. The summed E-state index contributed by atoms with van der Waals surface area (Å²) in [5.41, 5.74) is 2.55. The van der Waals surface area contributed by atoms with Crippen LogP contribution in [0.2, 0.25) is 0 Å². The molecule has 0 heterocycles. The second kappa shape index (κ2) is 7.71. The molecule has 0 radical (unpaired) electrons. The van der Waals surface area contributed by atoms with Gasteiger partial charge >= 0.3 is 0 Å². The average Bonchev–Trinajstić information content (AvgIpc) is 2.47. The quantitative estimate of drug-likeness (QED) is 0.794. The van der Waals surface area contributed by atoms with Gasteiger partial charge in [-0.1, -0.05) is 49.4 Å². The van der Waals surface area contributed by atoms with E-state index in [-0.39, 0.29) is 0 Å². The smallest absolute Gasteiger partial charge is 0.115 e. The van der Waals surface area contributed by atoms with E-state index in [2.05, 4.69) is 48.6 Å². The second-order valence-electron chi connectivity index (χ2n) is 5.08. The van der Waals surface area contributed by atoms with Gasteiger partial charge in [0.25, 0.3) is 0 Å². The molecule has 0 fully saturated rings. The molecule has 1 atom stereocenters. The molecular weight excluding hydrogens is 246 g/mol. The predicted octanol–water partition coefficient (Wildman–Crippen LogP) is 4.07. The van der Waals surface area contributed by atoms with E-state index in [0.717, 1.165) is 25.8 Å². The molecule has 0 aromatic heterocycles. The van der Waals surface area contributed by atoms with Crippen molar-refractivity contribution in [3.63, 3.8) is 0 Å². The highest BCUT2D eigenvalue weighted by Gasteiger charge is 2.09. The zero-order valence-electron chi connectivity index (χ0n) is 12.0. The summed E-state index contributed by atoms with van der Waals surface area (Å²) < 4.78 is 0. The highest BCUT2D eigenvalue weighted by Crippen LogP contribution is 2.20. The summed E-state index contributed by atoms with van der Waals surface area (Å²) in [6.45, 7) is 3.12. The van der Waals surface area contributed by atoms with Crippen molar-refractivity contribution in [1.82, 2.24) is 5.32 Å². The third-order valence-corrected chi connectivity index (χ3v) is 3.52. The molecule has 2 rings (SSSR count). The van der Waals surface area contributed by atoms with Gasteiger partial charge in [0.05, 0.1) is 0 Å². The number of phenols is 1. The Morgan fingerprint density at radius 2 is 1.85 bits per heavy atom. The van der Waals surface area contributed by atoms with Gasteiger partial charge in [-0.2, -0.15) is 0 Å². The Labute approximate surface area is 121 Å². The first kappa shape index (κ1) is 14.6. The summed E-state index contributed by atoms with van der Waals surface area (Å²) in [5.74, 6) is 0.355. The fraction of sp³-hybridized carbons (Fsp3) is 0.333. The molecule has 0 aliphatic heterocycles. The van der Waals surface area contributed by atoms with Crippen molar-refractivity contribution in [2.24, 2.45) is 0 Å². The Hall–Kier alpha value is -1.80. The third-order valence-electron chi connectivity index (χ3n) is 3.52. The van der Waals surface area contributed by atoms with Crippen LogP contribution >= 0.6 is 0 Å². The predicted molar refractivity (Wildman–Crippen MR) is 83.9 cm³/mol. The first-order chi connectivity index (χ1) is 9.79. The highest BCUT2D eigenvalue weighted by molar-refractivity contribution is 5.27. The first-order valence-electron chi connectivity index (χ1n) is 7.36. The van der Waals surface area contributed by atoms with Crippen LogP contribution in [-0.2, 0) is 6.42 Å². The summed E-state index contributed by atoms with van der Waals surface area (Å²) in [5, 5.41) is 13.0. The minimum Gasteiger partial charge on any atom is -0.508 e. The first-order valence-corrected chi connectivity index (χ1v) is 7.36. The second-order valence-corrected chi connectivity index (χ2v) is 5.08. The molecule has 2 heteroatoms. The number of hydrogen-bond donors (Lipinski definition) is 2. The van der Waals surface area contributed by atoms with Gasteiger partial charge in [0.2, 0.25) is 0 Å². The van der Waals surface area contributed by atoms with Crippen molar-refractivity contribution in [2.45, 2.75) is 32.2 Å². The van der Waals surface area contributed by atoms with E-state index >= 15 is 0 Å². The maximum absolute atomic E-state index is 9.47. The average molecular weight is 269 g/mol. The van der Waals surface area contributed by atoms with Gasteiger partial charge in [-0.25, -0.2) is 0 Å². The largest absolute Gasteiger partial charge is 0.508 e. The van der Waals surface area contributed by atoms with E-state index in [1.807, 2.05) is 12.1 Å². The molecule has 2 N–H and O–H groups in total. The molecule has 2 nitrogen and oxygen atoms in total. The van der Waals surface area contributed by atoms with Crippen LogP contribution in [0.25, 0.3) is 0 Å². The lowest BCUT2D eigenvalue weighted by atomic mass is 9.99. The van der Waals surface area contributed by atoms with Crippen LogP contribution in [-0.4, -0.2) is 11.7 Å². The lowest BCUT2D eigenvalue weighted by Crippen LogP contribution is -2.20. The zero-order chi connectivity index (χ0) is 14.2. The number of aryl methyl sites for hydroxylation is 1. The summed E-state index contributed by atoms with van der Waals surface area (Å²) in [4.78, 5) is 0. The fourth-order valence-electron chi connectivity index (χ4n) is 2.54. The van der Waals surface area contributed by atoms with Crippen molar-refractivity contribution in [1.29, 1.82) is 0 Å². The van der Waals surface area contributed by atoms with Crippen LogP contribution in [0.1, 0.15) is 36.9 Å². The molecular formula is C18H23NO. The Bertz CT molecular complexity index is 510. The Kier molecular flexibility index (Phi) is 5.63. The molecule has 2 aromatic carbocycles. The number of hydrogen-bond acceptors (Lipinski definition) is 2. The molecule has 106 valence electrons. The summed E-state index contributed by atoms with van der Waals surface area (Å²) in [6.07, 6.45) is 3.21. The van der Waals surface area contributed by atoms with Crippen LogP contribution in [0, 0.1) is 0 Å². The van der Waals surface area contributed by atoms with Gasteiger partial charge in [-0.05, 0) is 49.1 Å². The van der Waals surface area contributed by atoms with Crippen LogP contribution in [0.5, 0.6) is 5.75 Å². The number of nitrogens with one attached hydrogen (secondary N) is 1. The molecule has 0 saturated heterocycles. The summed E-state index contributed by atoms with van der Waals surface area (Å²) >= 11 is 0. The van der Waals surface area contributed by atoms with E-state index in [1.165, 1.54) is 11.1 Å². The van der Waals surface area contributed by atoms with Crippen molar-refractivity contribution < 1.29 is 5.11 Å². The molecule has 2 aromatic rings. The monoisotopic (exact) mass is 269 g/mol. The topological polar surface area (TPSA) is 32.3 Å². The standard InChI is InChI=1S/C18H23NO/c1-2-19-18(16-10-4-3-5-11-16)13-7-9-15-8-6-12-17(20)14-15/h3-6,8,10-12,14,18-20H,2,7,9,13H2,1H3.